The van der Waals surface area contributed by atoms with Crippen molar-refractivity contribution in [1.29, 1.82) is 0 Å². The average molecular weight is 313 g/mol. The molecule has 3 rings (SSSR count). The van der Waals surface area contributed by atoms with E-state index in [9.17, 15) is 0 Å². The van der Waals surface area contributed by atoms with Crippen LogP contribution in [0.5, 0.6) is 0 Å². The van der Waals surface area contributed by atoms with Gasteiger partial charge in [0, 0.05) is 46.8 Å². The molecule has 1 N–H and O–H groups in total. The van der Waals surface area contributed by atoms with Gasteiger partial charge in [0.1, 0.15) is 0 Å². The van der Waals surface area contributed by atoms with Crippen LogP contribution in [0, 0.1) is 5.92 Å². The highest BCUT2D eigenvalue weighted by Gasteiger charge is 2.40. The summed E-state index contributed by atoms with van der Waals surface area (Å²) in [5.74, 6) is 0.871. The molecule has 1 aliphatic carbocycles. The molecule has 1 atom stereocenters. The fourth-order valence-corrected chi connectivity index (χ4v) is 3.53. The molecule has 1 unspecified atom stereocenters. The van der Waals surface area contributed by atoms with Gasteiger partial charge in [-0.3, -0.25) is 4.90 Å². The largest absolute Gasteiger partial charge is 0.311 e. The molecular formula is C16H22Cl2N2. The number of nitrogens with one attached hydrogen (secondary N) is 1. The van der Waals surface area contributed by atoms with E-state index in [-0.39, 0.29) is 5.54 Å². The van der Waals surface area contributed by atoms with Crippen molar-refractivity contribution in [2.75, 3.05) is 13.1 Å². The maximum atomic E-state index is 6.33. The molecule has 0 amide bonds. The van der Waals surface area contributed by atoms with Gasteiger partial charge in [-0.05, 0) is 44.7 Å². The van der Waals surface area contributed by atoms with Crippen LogP contribution < -0.4 is 5.32 Å². The molecule has 1 aromatic rings. The Morgan fingerprint density at radius 3 is 2.50 bits per heavy atom. The summed E-state index contributed by atoms with van der Waals surface area (Å²) in [5.41, 5.74) is 1.19. The molecule has 2 fully saturated rings. The molecule has 1 saturated carbocycles. The monoisotopic (exact) mass is 312 g/mol. The van der Waals surface area contributed by atoms with Gasteiger partial charge in [-0.1, -0.05) is 29.3 Å². The Morgan fingerprint density at radius 2 is 1.90 bits per heavy atom. The summed E-state index contributed by atoms with van der Waals surface area (Å²) in [6.07, 6.45) is 2.75. The molecule has 110 valence electrons. The van der Waals surface area contributed by atoms with E-state index in [2.05, 4.69) is 24.1 Å². The summed E-state index contributed by atoms with van der Waals surface area (Å²) in [6.45, 7) is 7.51. The van der Waals surface area contributed by atoms with Crippen molar-refractivity contribution in [1.82, 2.24) is 10.2 Å². The van der Waals surface area contributed by atoms with E-state index in [4.69, 9.17) is 23.2 Å². The molecule has 2 aliphatic rings. The Labute approximate surface area is 131 Å². The van der Waals surface area contributed by atoms with Crippen molar-refractivity contribution in [3.8, 4) is 0 Å². The Balaban J connectivity index is 1.79. The summed E-state index contributed by atoms with van der Waals surface area (Å²) in [7, 11) is 0. The number of nitrogens with zero attached hydrogens (tertiary/aromatic N) is 1. The Hall–Kier alpha value is -0.280. The number of benzene rings is 1. The lowest BCUT2D eigenvalue weighted by molar-refractivity contribution is 0.0534. The maximum absolute atomic E-state index is 6.33. The molecule has 1 saturated heterocycles. The maximum Gasteiger partial charge on any atom is 0.0465 e. The molecule has 0 radical (unpaired) electrons. The standard InChI is InChI=1S/C16H22Cl2N2/c1-16(2)10-19-15(11-6-7-11)9-20(16)8-12-13(17)4-3-5-14(12)18/h3-5,11,15,19H,6-10H2,1-2H3. The molecule has 20 heavy (non-hydrogen) atoms. The van der Waals surface area contributed by atoms with E-state index in [1.54, 1.807) is 0 Å². The molecule has 1 aromatic carbocycles. The number of rotatable bonds is 3. The molecule has 1 aliphatic heterocycles. The highest BCUT2D eigenvalue weighted by Crippen LogP contribution is 2.37. The van der Waals surface area contributed by atoms with Crippen LogP contribution in [-0.2, 0) is 6.54 Å². The van der Waals surface area contributed by atoms with Crippen LogP contribution in [0.1, 0.15) is 32.3 Å². The topological polar surface area (TPSA) is 15.3 Å². The van der Waals surface area contributed by atoms with Gasteiger partial charge in [0.2, 0.25) is 0 Å². The minimum absolute atomic E-state index is 0.133. The summed E-state index contributed by atoms with van der Waals surface area (Å²) >= 11 is 12.7. The third-order valence-electron chi connectivity index (χ3n) is 4.67. The zero-order valence-corrected chi connectivity index (χ0v) is 13.6. The van der Waals surface area contributed by atoms with Crippen molar-refractivity contribution < 1.29 is 0 Å². The summed E-state index contributed by atoms with van der Waals surface area (Å²) in [6, 6.07) is 6.39. The highest BCUT2D eigenvalue weighted by atomic mass is 35.5. The molecule has 0 aromatic heterocycles. The first kappa shape index (κ1) is 14.6. The summed E-state index contributed by atoms with van der Waals surface area (Å²) in [5, 5.41) is 5.25. The highest BCUT2D eigenvalue weighted by molar-refractivity contribution is 6.35. The second-order valence-corrected chi connectivity index (χ2v) is 7.53. The first-order valence-electron chi connectivity index (χ1n) is 7.39. The average Bonchev–Trinajstić information content (AvgIpc) is 3.20. The van der Waals surface area contributed by atoms with Gasteiger partial charge in [-0.15, -0.1) is 0 Å². The first-order valence-corrected chi connectivity index (χ1v) is 8.14. The van der Waals surface area contributed by atoms with E-state index in [1.165, 1.54) is 12.8 Å². The lowest BCUT2D eigenvalue weighted by Crippen LogP contribution is -2.62. The van der Waals surface area contributed by atoms with Crippen molar-refractivity contribution in [2.45, 2.75) is 44.8 Å². The first-order chi connectivity index (χ1) is 9.47. The molecule has 4 heteroatoms. The van der Waals surface area contributed by atoms with Crippen LogP contribution in [-0.4, -0.2) is 29.6 Å². The third kappa shape index (κ3) is 2.99. The van der Waals surface area contributed by atoms with E-state index in [1.807, 2.05) is 18.2 Å². The van der Waals surface area contributed by atoms with Crippen LogP contribution in [0.25, 0.3) is 0 Å². The minimum Gasteiger partial charge on any atom is -0.311 e. The van der Waals surface area contributed by atoms with Crippen LogP contribution in [0.3, 0.4) is 0 Å². The Morgan fingerprint density at radius 1 is 1.25 bits per heavy atom. The molecular weight excluding hydrogens is 291 g/mol. The van der Waals surface area contributed by atoms with Crippen molar-refractivity contribution in [3.63, 3.8) is 0 Å². The minimum atomic E-state index is 0.133. The van der Waals surface area contributed by atoms with Gasteiger partial charge in [-0.25, -0.2) is 0 Å². The fraction of sp³-hybridized carbons (Fsp3) is 0.625. The van der Waals surface area contributed by atoms with Gasteiger partial charge in [-0.2, -0.15) is 0 Å². The lowest BCUT2D eigenvalue weighted by atomic mass is 9.95. The normalized spacial score (nSPS) is 26.7. The van der Waals surface area contributed by atoms with Crippen LogP contribution in [0.4, 0.5) is 0 Å². The van der Waals surface area contributed by atoms with Gasteiger partial charge in [0.25, 0.3) is 0 Å². The second-order valence-electron chi connectivity index (χ2n) is 6.72. The van der Waals surface area contributed by atoms with Gasteiger partial charge >= 0.3 is 0 Å². The van der Waals surface area contributed by atoms with E-state index in [0.717, 1.165) is 41.2 Å². The molecule has 1 heterocycles. The number of halogens is 2. The van der Waals surface area contributed by atoms with Crippen molar-refractivity contribution >= 4 is 23.2 Å². The van der Waals surface area contributed by atoms with Gasteiger partial charge in [0.05, 0.1) is 0 Å². The zero-order valence-electron chi connectivity index (χ0n) is 12.1. The van der Waals surface area contributed by atoms with Crippen LogP contribution in [0.2, 0.25) is 10.0 Å². The van der Waals surface area contributed by atoms with E-state index in [0.29, 0.717) is 6.04 Å². The number of piperazine rings is 1. The van der Waals surface area contributed by atoms with Crippen LogP contribution >= 0.6 is 23.2 Å². The van der Waals surface area contributed by atoms with Gasteiger partial charge in [0.15, 0.2) is 0 Å². The summed E-state index contributed by atoms with van der Waals surface area (Å²) in [4.78, 5) is 2.53. The molecule has 0 spiro atoms. The molecule has 0 bridgehead atoms. The predicted molar refractivity (Wildman–Crippen MR) is 85.5 cm³/mol. The zero-order chi connectivity index (χ0) is 14.3. The predicted octanol–water partition coefficient (Wildman–Crippen LogP) is 3.96. The Bertz CT molecular complexity index is 477. The number of hydrogen-bond acceptors (Lipinski definition) is 2. The summed E-state index contributed by atoms with van der Waals surface area (Å²) < 4.78 is 0. The Kier molecular flexibility index (Phi) is 4.02. The SMILES string of the molecule is CC1(C)CNC(C2CC2)CN1Cc1c(Cl)cccc1Cl. The third-order valence-corrected chi connectivity index (χ3v) is 5.38. The van der Waals surface area contributed by atoms with Crippen LogP contribution in [0.15, 0.2) is 18.2 Å². The van der Waals surface area contributed by atoms with E-state index >= 15 is 0 Å². The molecule has 2 nitrogen and oxygen atoms in total. The smallest absolute Gasteiger partial charge is 0.0465 e. The lowest BCUT2D eigenvalue weighted by Gasteiger charge is -2.46. The van der Waals surface area contributed by atoms with Gasteiger partial charge < -0.3 is 5.32 Å². The van der Waals surface area contributed by atoms with E-state index < -0.39 is 0 Å². The number of hydrogen-bond donors (Lipinski definition) is 1. The fourth-order valence-electron chi connectivity index (χ4n) is 3.01. The van der Waals surface area contributed by atoms with Crippen molar-refractivity contribution in [2.24, 2.45) is 5.92 Å². The van der Waals surface area contributed by atoms with Crippen molar-refractivity contribution in [3.05, 3.63) is 33.8 Å². The second kappa shape index (κ2) is 5.49. The quantitative estimate of drug-likeness (QED) is 0.909.